The van der Waals surface area contributed by atoms with Crippen molar-refractivity contribution in [2.45, 2.75) is 0 Å². The molecule has 0 amide bonds. The summed E-state index contributed by atoms with van der Waals surface area (Å²) in [6.45, 7) is 0. The Morgan fingerprint density at radius 3 is 0.862 bits per heavy atom. The Kier molecular flexibility index (Phi) is 16.9. The fourth-order valence-corrected chi connectivity index (χ4v) is 19.6. The van der Waals surface area contributed by atoms with Gasteiger partial charge in [-0.05, 0) is 125 Å². The van der Waals surface area contributed by atoms with Crippen molar-refractivity contribution in [3.05, 3.63) is 400 Å². The van der Waals surface area contributed by atoms with E-state index in [2.05, 4.69) is 352 Å². The first-order valence-corrected chi connectivity index (χ1v) is 40.8. The summed E-state index contributed by atoms with van der Waals surface area (Å²) in [5.74, 6) is 1.37. The fraction of sp³-hybridized carbons (Fsp3) is 0. The predicted octanol–water partition coefficient (Wildman–Crippen LogP) is 29.7. The Morgan fingerprint density at radius 1 is 0.172 bits per heavy atom. The molecule has 8 heteroatoms. The summed E-state index contributed by atoms with van der Waals surface area (Å²) in [6, 6.07) is 142. The van der Waals surface area contributed by atoms with E-state index in [1.807, 2.05) is 71.2 Å². The van der Waals surface area contributed by atoms with Crippen LogP contribution in [0, 0.1) is 0 Å². The third kappa shape index (κ3) is 12.1. The maximum atomic E-state index is 5.54. The number of hydrogen-bond donors (Lipinski definition) is 0. The fourth-order valence-electron chi connectivity index (χ4n) is 17.0. The highest BCUT2D eigenvalue weighted by atomic mass is 32.1. The molecule has 0 aliphatic heterocycles. The normalized spacial score (nSPS) is 11.6. The molecule has 116 heavy (non-hydrogen) atoms. The zero-order valence-corrected chi connectivity index (χ0v) is 64.2. The number of pyridine rings is 2. The first-order valence-electron chi connectivity index (χ1n) is 39.1. The maximum Gasteiger partial charge on any atom is 0.160 e. The van der Waals surface area contributed by atoms with Gasteiger partial charge in [-0.1, -0.05) is 352 Å². The van der Waals surface area contributed by atoms with Gasteiger partial charge in [0, 0.05) is 95.6 Å². The molecule has 0 bridgehead atoms. The molecule has 0 radical (unpaired) electrons. The summed E-state index contributed by atoms with van der Waals surface area (Å²) in [5, 5.41) is 17.2. The van der Waals surface area contributed by atoms with Crippen molar-refractivity contribution in [3.63, 3.8) is 0 Å². The molecule has 6 heterocycles. The average Bonchev–Trinajstić information content (AvgIpc) is 1.46. The Bertz CT molecular complexity index is 7720. The van der Waals surface area contributed by atoms with Crippen molar-refractivity contribution in [2.75, 3.05) is 0 Å². The first-order chi connectivity index (χ1) is 57.5. The van der Waals surface area contributed by atoms with E-state index < -0.39 is 0 Å². The quantitative estimate of drug-likeness (QED) is 0.120. The smallest absolute Gasteiger partial charge is 0.160 e. The van der Waals surface area contributed by atoms with Gasteiger partial charge in [-0.3, -0.25) is 0 Å². The van der Waals surface area contributed by atoms with E-state index >= 15 is 0 Å². The minimum atomic E-state index is 0.680. The first kappa shape index (κ1) is 68.0. The van der Waals surface area contributed by atoms with Crippen molar-refractivity contribution >= 4 is 128 Å². The Hall–Kier alpha value is -14.8. The van der Waals surface area contributed by atoms with Crippen LogP contribution in [-0.4, -0.2) is 29.9 Å². The highest BCUT2D eigenvalue weighted by Gasteiger charge is 2.24. The van der Waals surface area contributed by atoms with Crippen molar-refractivity contribution in [1.29, 1.82) is 0 Å². The SMILES string of the molecule is c1ccc(-c2cc(-c3ccccc3)nc(-c3ccc(-c4nc5cccc(-c6cc7ccccc7c7ccccc67)c5c5sc6ccccc6c45)cc3)n2)cc1.c1ccc(-c2ccc(-c3cc(-c4ccccc4)nc(-c4ccc(-c5nc6cccc(-c7cc8ccccc8c8ccccc78)c6c6sc7ccccc7c56)cc4)n3)cc2)cc1. The van der Waals surface area contributed by atoms with Crippen molar-refractivity contribution in [3.8, 4) is 124 Å². The Labute approximate surface area is 677 Å². The summed E-state index contributed by atoms with van der Waals surface area (Å²) in [4.78, 5) is 31.5. The second kappa shape index (κ2) is 28.7. The molecule has 23 rings (SSSR count). The van der Waals surface area contributed by atoms with Crippen LogP contribution in [0.2, 0.25) is 0 Å². The molecular weight excluding hydrogens is 1450 g/mol. The van der Waals surface area contributed by atoms with E-state index in [1.165, 1.54) is 128 Å². The summed E-state index contributed by atoms with van der Waals surface area (Å²) in [6.07, 6.45) is 0. The third-order valence-corrected chi connectivity index (χ3v) is 24.9. The average molecular weight is 1510 g/mol. The van der Waals surface area contributed by atoms with Crippen LogP contribution >= 0.6 is 22.7 Å². The summed E-state index contributed by atoms with van der Waals surface area (Å²) in [5.41, 5.74) is 22.9. The molecule has 0 aliphatic carbocycles. The van der Waals surface area contributed by atoms with Gasteiger partial charge in [0.25, 0.3) is 0 Å². The zero-order chi connectivity index (χ0) is 76.6. The van der Waals surface area contributed by atoms with Gasteiger partial charge in [0.15, 0.2) is 11.6 Å². The van der Waals surface area contributed by atoms with Gasteiger partial charge >= 0.3 is 0 Å². The molecule has 0 spiro atoms. The topological polar surface area (TPSA) is 77.3 Å². The largest absolute Gasteiger partial charge is 0.247 e. The van der Waals surface area contributed by atoms with Crippen molar-refractivity contribution < 1.29 is 0 Å². The molecule has 540 valence electrons. The zero-order valence-electron chi connectivity index (χ0n) is 62.6. The molecule has 0 saturated heterocycles. The number of hydrogen-bond acceptors (Lipinski definition) is 8. The lowest BCUT2D eigenvalue weighted by Crippen LogP contribution is -1.96. The predicted molar refractivity (Wildman–Crippen MR) is 490 cm³/mol. The van der Waals surface area contributed by atoms with E-state index in [0.29, 0.717) is 11.6 Å². The van der Waals surface area contributed by atoms with Gasteiger partial charge < -0.3 is 0 Å². The molecule has 0 fully saturated rings. The lowest BCUT2D eigenvalue weighted by Gasteiger charge is -2.15. The molecule has 0 atom stereocenters. The van der Waals surface area contributed by atoms with E-state index in [-0.39, 0.29) is 0 Å². The van der Waals surface area contributed by atoms with Crippen LogP contribution in [0.5, 0.6) is 0 Å². The number of fused-ring (bicyclic) bond motifs is 16. The molecule has 0 N–H and O–H groups in total. The molecule has 17 aromatic carbocycles. The number of aromatic nitrogens is 6. The maximum absolute atomic E-state index is 5.54. The van der Waals surface area contributed by atoms with E-state index in [4.69, 9.17) is 29.9 Å². The van der Waals surface area contributed by atoms with Crippen LogP contribution in [0.3, 0.4) is 0 Å². The highest BCUT2D eigenvalue weighted by Crippen LogP contribution is 2.50. The minimum Gasteiger partial charge on any atom is -0.247 e. The van der Waals surface area contributed by atoms with Gasteiger partial charge in [0.1, 0.15) is 0 Å². The molecule has 0 unspecified atom stereocenters. The van der Waals surface area contributed by atoms with Crippen LogP contribution in [0.25, 0.3) is 229 Å². The monoisotopic (exact) mass is 1510 g/mol. The van der Waals surface area contributed by atoms with E-state index in [0.717, 1.165) is 89.7 Å². The van der Waals surface area contributed by atoms with Crippen LogP contribution in [0.15, 0.2) is 400 Å². The summed E-state index contributed by atoms with van der Waals surface area (Å²) in [7, 11) is 0. The van der Waals surface area contributed by atoms with Gasteiger partial charge in [0.2, 0.25) is 0 Å². The van der Waals surface area contributed by atoms with Crippen LogP contribution in [-0.2, 0) is 0 Å². The number of nitrogens with zero attached hydrogens (tertiary/aromatic N) is 6. The molecule has 23 aromatic rings. The summed E-state index contributed by atoms with van der Waals surface area (Å²) < 4.78 is 5.00. The second-order valence-electron chi connectivity index (χ2n) is 29.4. The number of benzene rings is 17. The molecule has 0 aliphatic rings. The molecular formula is C108H66N6S2. The van der Waals surface area contributed by atoms with Crippen LogP contribution in [0.1, 0.15) is 0 Å². The third-order valence-electron chi connectivity index (χ3n) is 22.6. The number of rotatable bonds is 11. The van der Waals surface area contributed by atoms with Gasteiger partial charge in [-0.25, -0.2) is 29.9 Å². The van der Waals surface area contributed by atoms with Crippen LogP contribution in [0.4, 0.5) is 0 Å². The Balaban J connectivity index is 0.000000141. The highest BCUT2D eigenvalue weighted by molar-refractivity contribution is 7.27. The molecule has 6 aromatic heterocycles. The lowest BCUT2D eigenvalue weighted by atomic mass is 9.91. The second-order valence-corrected chi connectivity index (χ2v) is 31.5. The van der Waals surface area contributed by atoms with Crippen molar-refractivity contribution in [2.24, 2.45) is 0 Å². The molecule has 6 nitrogen and oxygen atoms in total. The van der Waals surface area contributed by atoms with Gasteiger partial charge in [0.05, 0.1) is 45.2 Å². The van der Waals surface area contributed by atoms with Crippen molar-refractivity contribution in [1.82, 2.24) is 29.9 Å². The van der Waals surface area contributed by atoms with E-state index in [1.54, 1.807) is 0 Å². The number of thiophene rings is 2. The minimum absolute atomic E-state index is 0.680. The summed E-state index contributed by atoms with van der Waals surface area (Å²) >= 11 is 3.71. The molecule has 0 saturated carbocycles. The lowest BCUT2D eigenvalue weighted by molar-refractivity contribution is 1.18. The van der Waals surface area contributed by atoms with E-state index in [9.17, 15) is 0 Å². The van der Waals surface area contributed by atoms with Gasteiger partial charge in [-0.2, -0.15) is 0 Å². The standard InChI is InChI=1S/C57H35N3S.C51H31N3S/c1-3-14-36(15-4-1)37-26-28-39(29-27-37)51-35-50(38-16-5-2-6-17-38)59-57(60-51)41-32-30-40(31-33-41)55-54-47-22-11-12-25-52(47)61-56(54)53-46(23-13-24-49(53)58-55)48-34-42-18-7-8-19-43(42)44-20-9-10-21-45(44)48;1-3-14-32(15-4-1)44-31-45(33-16-5-2-6-17-33)54-51(53-44)35-28-26-34(27-29-35)49-48-41-22-11-12-25-46(41)55-50(48)47-40(23-13-24-43(47)52-49)42-30-36-18-7-8-19-37(36)38-20-9-10-21-39(38)42/h1-35H;1-31H. The Morgan fingerprint density at radius 2 is 0.466 bits per heavy atom. The van der Waals surface area contributed by atoms with Gasteiger partial charge in [-0.15, -0.1) is 22.7 Å². The van der Waals surface area contributed by atoms with Crippen LogP contribution < -0.4 is 0 Å².